The van der Waals surface area contributed by atoms with E-state index in [0.717, 1.165) is 28.8 Å². The summed E-state index contributed by atoms with van der Waals surface area (Å²) in [5, 5.41) is 4.76. The van der Waals surface area contributed by atoms with Gasteiger partial charge in [-0.15, -0.1) is 0 Å². The van der Waals surface area contributed by atoms with E-state index < -0.39 is 18.0 Å². The van der Waals surface area contributed by atoms with Crippen molar-refractivity contribution in [2.24, 2.45) is 0 Å². The Morgan fingerprint density at radius 1 is 1.16 bits per heavy atom. The number of rotatable bonds is 7. The number of hydrogen-bond acceptors (Lipinski definition) is 5. The predicted molar refractivity (Wildman–Crippen MR) is 117 cm³/mol. The first-order valence-corrected chi connectivity index (χ1v) is 10.4. The topological polar surface area (TPSA) is 70.4 Å². The molecule has 0 aliphatic carbocycles. The van der Waals surface area contributed by atoms with Crippen molar-refractivity contribution in [3.63, 3.8) is 0 Å². The minimum absolute atomic E-state index is 0.282. The Morgan fingerprint density at radius 3 is 2.61 bits per heavy atom. The van der Waals surface area contributed by atoms with Gasteiger partial charge in [-0.3, -0.25) is 4.68 Å². The molecule has 0 unspecified atom stereocenters. The molecule has 2 heterocycles. The number of carbonyl (C=O) groups is 2. The van der Waals surface area contributed by atoms with E-state index in [1.165, 1.54) is 11.6 Å². The lowest BCUT2D eigenvalue weighted by atomic mass is 10.0. The van der Waals surface area contributed by atoms with Crippen LogP contribution in [-0.4, -0.2) is 34.4 Å². The highest BCUT2D eigenvalue weighted by Crippen LogP contribution is 2.24. The quantitative estimate of drug-likeness (QED) is 0.430. The van der Waals surface area contributed by atoms with E-state index in [4.69, 9.17) is 14.6 Å². The number of esters is 2. The zero-order chi connectivity index (χ0) is 21.6. The number of cyclic esters (lactones) is 1. The van der Waals surface area contributed by atoms with Gasteiger partial charge in [-0.1, -0.05) is 61.5 Å². The van der Waals surface area contributed by atoms with Gasteiger partial charge in [0.1, 0.15) is 0 Å². The average molecular weight is 416 g/mol. The minimum atomic E-state index is -0.820. The monoisotopic (exact) mass is 416 g/mol. The Bertz CT molecular complexity index is 1080. The van der Waals surface area contributed by atoms with Crippen LogP contribution in [0.2, 0.25) is 0 Å². The van der Waals surface area contributed by atoms with Crippen LogP contribution in [0.5, 0.6) is 0 Å². The molecule has 4 rings (SSSR count). The number of nitrogens with zero attached hydrogens (tertiary/aromatic N) is 2. The van der Waals surface area contributed by atoms with Crippen molar-refractivity contribution >= 4 is 18.0 Å². The van der Waals surface area contributed by atoms with E-state index in [-0.39, 0.29) is 6.61 Å². The molecule has 0 bridgehead atoms. The molecule has 1 atom stereocenters. The molecule has 0 radical (unpaired) electrons. The third kappa shape index (κ3) is 5.09. The minimum Gasteiger partial charge on any atom is -0.463 e. The number of carbonyl (C=O) groups excluding carboxylic acids is 2. The summed E-state index contributed by atoms with van der Waals surface area (Å²) >= 11 is 0. The summed E-state index contributed by atoms with van der Waals surface area (Å²) in [6.45, 7) is 3.02. The molecule has 2 aromatic carbocycles. The first-order valence-electron chi connectivity index (χ1n) is 10.4. The fraction of sp³-hybridized carbons (Fsp3) is 0.240. The predicted octanol–water partition coefficient (Wildman–Crippen LogP) is 4.03. The van der Waals surface area contributed by atoms with Gasteiger partial charge >= 0.3 is 11.9 Å². The molecule has 6 nitrogen and oxygen atoms in total. The number of ether oxygens (including phenoxy) is 2. The van der Waals surface area contributed by atoms with Crippen LogP contribution in [0.4, 0.5) is 0 Å². The van der Waals surface area contributed by atoms with Gasteiger partial charge < -0.3 is 9.47 Å². The maximum absolute atomic E-state index is 12.2. The molecule has 158 valence electrons. The van der Waals surface area contributed by atoms with Crippen LogP contribution in [0.25, 0.3) is 17.3 Å². The van der Waals surface area contributed by atoms with E-state index >= 15 is 0 Å². The summed E-state index contributed by atoms with van der Waals surface area (Å²) in [4.78, 5) is 23.7. The molecule has 1 aliphatic heterocycles. The second kappa shape index (κ2) is 9.43. The van der Waals surface area contributed by atoms with E-state index in [9.17, 15) is 9.59 Å². The van der Waals surface area contributed by atoms with Crippen LogP contribution in [0.1, 0.15) is 30.0 Å². The summed E-state index contributed by atoms with van der Waals surface area (Å²) in [6, 6.07) is 18.3. The molecule has 3 aromatic rings. The molecule has 0 amide bonds. The van der Waals surface area contributed by atoms with Crippen molar-refractivity contribution in [3.8, 4) is 11.3 Å². The summed E-state index contributed by atoms with van der Waals surface area (Å²) < 4.78 is 11.9. The van der Waals surface area contributed by atoms with Crippen LogP contribution in [0.3, 0.4) is 0 Å². The molecule has 6 heteroatoms. The molecule has 1 aliphatic rings. The van der Waals surface area contributed by atoms with Crippen LogP contribution in [-0.2, 0) is 32.0 Å². The number of aryl methyl sites for hydroxylation is 1. The summed E-state index contributed by atoms with van der Waals surface area (Å²) in [5.41, 5.74) is 4.93. The molecule has 0 spiro atoms. The zero-order valence-electron chi connectivity index (χ0n) is 17.4. The normalized spacial score (nSPS) is 15.9. The molecular formula is C25H24N2O4. The highest BCUT2D eigenvalue weighted by molar-refractivity contribution is 5.90. The summed E-state index contributed by atoms with van der Waals surface area (Å²) in [6.07, 6.45) is 5.45. The number of aromatic nitrogens is 2. The van der Waals surface area contributed by atoms with Crippen molar-refractivity contribution in [1.82, 2.24) is 9.78 Å². The van der Waals surface area contributed by atoms with Crippen LogP contribution < -0.4 is 0 Å². The van der Waals surface area contributed by atoms with E-state index in [0.29, 0.717) is 13.0 Å². The summed E-state index contributed by atoms with van der Waals surface area (Å²) in [7, 11) is 0. The highest BCUT2D eigenvalue weighted by atomic mass is 16.6. The Balaban J connectivity index is 1.58. The summed E-state index contributed by atoms with van der Waals surface area (Å²) in [5.74, 6) is -1.07. The number of benzene rings is 2. The maximum Gasteiger partial charge on any atom is 0.347 e. The molecule has 1 fully saturated rings. The standard InChI is InChI=1S/C25H24N2O4/c1-2-18-8-10-20(11-9-18)24-21(12-13-23(28)31-22-14-15-30-25(22)29)17-27(26-24)16-19-6-4-3-5-7-19/h3-13,17,22H,2,14-16H2,1H3/b13-12+/t22-/m1/s1. The molecule has 0 N–H and O–H groups in total. The Kier molecular flexibility index (Phi) is 6.26. The van der Waals surface area contributed by atoms with Gasteiger partial charge in [0, 0.05) is 29.8 Å². The first kappa shape index (κ1) is 20.6. The Labute approximate surface area is 181 Å². The van der Waals surface area contributed by atoms with Gasteiger partial charge in [0.15, 0.2) is 0 Å². The fourth-order valence-corrected chi connectivity index (χ4v) is 3.45. The third-order valence-electron chi connectivity index (χ3n) is 5.16. The Hall–Kier alpha value is -3.67. The zero-order valence-corrected chi connectivity index (χ0v) is 17.4. The third-order valence-corrected chi connectivity index (χ3v) is 5.16. The largest absolute Gasteiger partial charge is 0.463 e. The molecular weight excluding hydrogens is 392 g/mol. The Morgan fingerprint density at radius 2 is 1.94 bits per heavy atom. The highest BCUT2D eigenvalue weighted by Gasteiger charge is 2.29. The van der Waals surface area contributed by atoms with Crippen molar-refractivity contribution < 1.29 is 19.1 Å². The van der Waals surface area contributed by atoms with Crippen LogP contribution >= 0.6 is 0 Å². The lowest BCUT2D eigenvalue weighted by Gasteiger charge is -2.05. The SMILES string of the molecule is CCc1ccc(-c2nn(Cc3ccccc3)cc2/C=C/C(=O)O[C@@H]2CCOC2=O)cc1. The van der Waals surface area contributed by atoms with Gasteiger partial charge in [-0.05, 0) is 23.6 Å². The first-order chi connectivity index (χ1) is 15.1. The van der Waals surface area contributed by atoms with Gasteiger partial charge in [0.05, 0.1) is 18.8 Å². The van der Waals surface area contributed by atoms with E-state index in [1.54, 1.807) is 6.08 Å². The maximum atomic E-state index is 12.2. The van der Waals surface area contributed by atoms with Crippen LogP contribution in [0.15, 0.2) is 66.9 Å². The molecule has 1 aromatic heterocycles. The number of hydrogen-bond donors (Lipinski definition) is 0. The second-order valence-electron chi connectivity index (χ2n) is 7.38. The van der Waals surface area contributed by atoms with Crippen molar-refractivity contribution in [3.05, 3.63) is 83.6 Å². The smallest absolute Gasteiger partial charge is 0.347 e. The van der Waals surface area contributed by atoms with Gasteiger partial charge in [-0.2, -0.15) is 5.10 Å². The average Bonchev–Trinajstić information content (AvgIpc) is 3.39. The lowest BCUT2D eigenvalue weighted by molar-refractivity contribution is -0.156. The fourth-order valence-electron chi connectivity index (χ4n) is 3.45. The van der Waals surface area contributed by atoms with E-state index in [2.05, 4.69) is 19.1 Å². The van der Waals surface area contributed by atoms with Gasteiger partial charge in [0.2, 0.25) is 6.10 Å². The van der Waals surface area contributed by atoms with E-state index in [1.807, 2.05) is 53.3 Å². The van der Waals surface area contributed by atoms with Gasteiger partial charge in [-0.25, -0.2) is 9.59 Å². The lowest BCUT2D eigenvalue weighted by Crippen LogP contribution is -2.21. The second-order valence-corrected chi connectivity index (χ2v) is 7.38. The molecule has 31 heavy (non-hydrogen) atoms. The van der Waals surface area contributed by atoms with Crippen molar-refractivity contribution in [2.45, 2.75) is 32.4 Å². The van der Waals surface area contributed by atoms with Crippen molar-refractivity contribution in [2.75, 3.05) is 6.61 Å². The van der Waals surface area contributed by atoms with Crippen molar-refractivity contribution in [1.29, 1.82) is 0 Å². The van der Waals surface area contributed by atoms with Gasteiger partial charge in [0.25, 0.3) is 0 Å². The molecule has 0 saturated carbocycles. The van der Waals surface area contributed by atoms with Crippen LogP contribution in [0, 0.1) is 0 Å². The molecule has 1 saturated heterocycles.